The van der Waals surface area contributed by atoms with Crippen molar-refractivity contribution < 1.29 is 14.6 Å². The molecule has 3 rings (SSSR count). The molecule has 0 aromatic carbocycles. The van der Waals surface area contributed by atoms with Crippen LogP contribution in [0.1, 0.15) is 92.9 Å². The number of ether oxygens (including phenoxy) is 2. The average Bonchev–Trinajstić information content (AvgIpc) is 3.45. The number of hydrogen-bond donors (Lipinski definition) is 1. The Morgan fingerprint density at radius 3 is 1.97 bits per heavy atom. The van der Waals surface area contributed by atoms with Gasteiger partial charge in [0.25, 0.3) is 0 Å². The van der Waals surface area contributed by atoms with E-state index in [4.69, 9.17) is 9.47 Å². The van der Waals surface area contributed by atoms with Crippen molar-refractivity contribution in [3.8, 4) is 0 Å². The van der Waals surface area contributed by atoms with Crippen LogP contribution in [0.5, 0.6) is 0 Å². The Balaban J connectivity index is 0.000000385. The maximum Gasteiger partial charge on any atom is 0.0986 e. The van der Waals surface area contributed by atoms with Crippen LogP contribution in [0, 0.1) is 5.41 Å². The summed E-state index contributed by atoms with van der Waals surface area (Å²) in [6.45, 7) is 16.9. The SMILES string of the molecule is C1CCOC1.C1CCOC1.CC/C(C)=C/C=C/C(C)(O)/C=C/C1=C(C)CCCC1(C)C. The molecule has 2 saturated heterocycles. The van der Waals surface area contributed by atoms with Gasteiger partial charge in [0.05, 0.1) is 5.60 Å². The van der Waals surface area contributed by atoms with Crippen molar-refractivity contribution in [1.82, 2.24) is 0 Å². The second-order valence-electron chi connectivity index (χ2n) is 9.86. The van der Waals surface area contributed by atoms with Crippen molar-refractivity contribution >= 4 is 0 Å². The minimum Gasteiger partial charge on any atom is -0.382 e. The summed E-state index contributed by atoms with van der Waals surface area (Å²) in [7, 11) is 0. The molecular formula is C28H48O3. The zero-order valence-corrected chi connectivity index (χ0v) is 21.1. The van der Waals surface area contributed by atoms with E-state index in [9.17, 15) is 5.11 Å². The van der Waals surface area contributed by atoms with Crippen molar-refractivity contribution in [3.05, 3.63) is 47.1 Å². The van der Waals surface area contributed by atoms with Crippen LogP contribution in [-0.4, -0.2) is 37.1 Å². The van der Waals surface area contributed by atoms with Gasteiger partial charge in [-0.25, -0.2) is 0 Å². The molecule has 0 spiro atoms. The van der Waals surface area contributed by atoms with Crippen LogP contribution in [-0.2, 0) is 9.47 Å². The molecule has 178 valence electrons. The molecule has 1 N–H and O–H groups in total. The van der Waals surface area contributed by atoms with E-state index < -0.39 is 5.60 Å². The van der Waals surface area contributed by atoms with Gasteiger partial charge in [-0.2, -0.15) is 0 Å². The van der Waals surface area contributed by atoms with E-state index in [1.807, 2.05) is 25.2 Å². The van der Waals surface area contributed by atoms with Crippen LogP contribution in [0.4, 0.5) is 0 Å². The highest BCUT2D eigenvalue weighted by molar-refractivity contribution is 5.34. The zero-order chi connectivity index (χ0) is 23.2. The molecule has 0 saturated carbocycles. The summed E-state index contributed by atoms with van der Waals surface area (Å²) in [5, 5.41) is 10.5. The van der Waals surface area contributed by atoms with Gasteiger partial charge in [-0.3, -0.25) is 0 Å². The molecule has 2 heterocycles. The van der Waals surface area contributed by atoms with Crippen LogP contribution < -0.4 is 0 Å². The Labute approximate surface area is 192 Å². The van der Waals surface area contributed by atoms with Crippen molar-refractivity contribution in [3.63, 3.8) is 0 Å². The number of rotatable bonds is 5. The molecule has 1 unspecified atom stereocenters. The Morgan fingerprint density at radius 1 is 1.00 bits per heavy atom. The van der Waals surface area contributed by atoms with Gasteiger partial charge < -0.3 is 14.6 Å². The molecule has 0 aromatic rings. The molecule has 2 fully saturated rings. The van der Waals surface area contributed by atoms with E-state index in [2.05, 4.69) is 46.8 Å². The average molecular weight is 433 g/mol. The van der Waals surface area contributed by atoms with Gasteiger partial charge >= 0.3 is 0 Å². The van der Waals surface area contributed by atoms with Crippen LogP contribution in [0.25, 0.3) is 0 Å². The van der Waals surface area contributed by atoms with Gasteiger partial charge in [-0.15, -0.1) is 0 Å². The molecule has 31 heavy (non-hydrogen) atoms. The summed E-state index contributed by atoms with van der Waals surface area (Å²) < 4.78 is 9.89. The maximum atomic E-state index is 10.5. The summed E-state index contributed by atoms with van der Waals surface area (Å²) in [5.41, 5.74) is 3.49. The monoisotopic (exact) mass is 432 g/mol. The van der Waals surface area contributed by atoms with Gasteiger partial charge in [0, 0.05) is 26.4 Å². The lowest BCUT2D eigenvalue weighted by Crippen LogP contribution is -2.21. The summed E-state index contributed by atoms with van der Waals surface area (Å²) >= 11 is 0. The fourth-order valence-electron chi connectivity index (χ4n) is 3.86. The van der Waals surface area contributed by atoms with E-state index in [0.717, 1.165) is 32.8 Å². The molecule has 0 aromatic heterocycles. The quantitative estimate of drug-likeness (QED) is 0.462. The predicted molar refractivity (Wildman–Crippen MR) is 133 cm³/mol. The first-order valence-corrected chi connectivity index (χ1v) is 12.3. The second-order valence-corrected chi connectivity index (χ2v) is 9.86. The first-order chi connectivity index (χ1) is 14.7. The highest BCUT2D eigenvalue weighted by atomic mass is 16.5. The first kappa shape index (κ1) is 27.9. The molecule has 2 aliphatic heterocycles. The Kier molecular flexibility index (Phi) is 13.3. The molecule has 1 aliphatic carbocycles. The minimum atomic E-state index is -0.897. The lowest BCUT2D eigenvalue weighted by atomic mass is 9.72. The highest BCUT2D eigenvalue weighted by Crippen LogP contribution is 2.40. The lowest BCUT2D eigenvalue weighted by molar-refractivity contribution is 0.164. The fourth-order valence-corrected chi connectivity index (χ4v) is 3.86. The number of hydrogen-bond acceptors (Lipinski definition) is 3. The Bertz CT molecular complexity index is 587. The third-order valence-corrected chi connectivity index (χ3v) is 6.16. The van der Waals surface area contributed by atoms with Crippen molar-refractivity contribution in [2.24, 2.45) is 5.41 Å². The summed E-state index contributed by atoms with van der Waals surface area (Å²) in [4.78, 5) is 0. The van der Waals surface area contributed by atoms with Crippen LogP contribution in [0.15, 0.2) is 47.1 Å². The van der Waals surface area contributed by atoms with Crippen LogP contribution in [0.2, 0.25) is 0 Å². The van der Waals surface area contributed by atoms with Crippen molar-refractivity contribution in [2.45, 2.75) is 98.5 Å². The molecule has 3 aliphatic rings. The van der Waals surface area contributed by atoms with Crippen LogP contribution >= 0.6 is 0 Å². The standard InChI is InChI=1S/C20H32O.2C4H8O/c1-7-16(2)10-8-14-20(6,21)15-12-18-17(3)11-9-13-19(18,4)5;2*1-2-4-5-3-1/h8,10,12,14-15,21H,7,9,11,13H2,1-6H3;2*1-4H2/b14-8+,15-12+,16-10+;;. The summed E-state index contributed by atoms with van der Waals surface area (Å²) in [6, 6.07) is 0. The van der Waals surface area contributed by atoms with Crippen molar-refractivity contribution in [2.75, 3.05) is 26.4 Å². The molecular weight excluding hydrogens is 384 g/mol. The summed E-state index contributed by atoms with van der Waals surface area (Å²) in [5.74, 6) is 0. The molecule has 1 atom stereocenters. The van der Waals surface area contributed by atoms with E-state index >= 15 is 0 Å². The Morgan fingerprint density at radius 2 is 1.55 bits per heavy atom. The molecule has 0 radical (unpaired) electrons. The largest absolute Gasteiger partial charge is 0.382 e. The topological polar surface area (TPSA) is 38.7 Å². The third kappa shape index (κ3) is 12.5. The fraction of sp³-hybridized carbons (Fsp3) is 0.714. The molecule has 3 heteroatoms. The normalized spacial score (nSPS) is 23.4. The van der Waals surface area contributed by atoms with Gasteiger partial charge in [0.2, 0.25) is 0 Å². The first-order valence-electron chi connectivity index (χ1n) is 12.3. The number of allylic oxidation sites excluding steroid dienone is 6. The van der Waals surface area contributed by atoms with E-state index in [0.29, 0.717) is 0 Å². The Hall–Kier alpha value is -1.16. The summed E-state index contributed by atoms with van der Waals surface area (Å²) in [6.07, 6.45) is 19.8. The van der Waals surface area contributed by atoms with Gasteiger partial charge in [-0.1, -0.05) is 50.1 Å². The number of aliphatic hydroxyl groups is 1. The lowest BCUT2D eigenvalue weighted by Gasteiger charge is -2.33. The van der Waals surface area contributed by atoms with Gasteiger partial charge in [0.1, 0.15) is 0 Å². The highest BCUT2D eigenvalue weighted by Gasteiger charge is 2.27. The molecule has 0 amide bonds. The van der Waals surface area contributed by atoms with Gasteiger partial charge in [0.15, 0.2) is 0 Å². The van der Waals surface area contributed by atoms with Crippen molar-refractivity contribution in [1.29, 1.82) is 0 Å². The van der Waals surface area contributed by atoms with E-state index in [1.165, 1.54) is 61.7 Å². The molecule has 0 bridgehead atoms. The van der Waals surface area contributed by atoms with Gasteiger partial charge in [-0.05, 0) is 95.3 Å². The minimum absolute atomic E-state index is 0.220. The maximum absolute atomic E-state index is 10.5. The van der Waals surface area contributed by atoms with Crippen LogP contribution in [0.3, 0.4) is 0 Å². The van der Waals surface area contributed by atoms with E-state index in [-0.39, 0.29) is 5.41 Å². The second kappa shape index (κ2) is 14.8. The smallest absolute Gasteiger partial charge is 0.0986 e. The molecule has 3 nitrogen and oxygen atoms in total. The predicted octanol–water partition coefficient (Wildman–Crippen LogP) is 7.33. The third-order valence-electron chi connectivity index (χ3n) is 6.16. The van der Waals surface area contributed by atoms with E-state index in [1.54, 1.807) is 0 Å². The zero-order valence-electron chi connectivity index (χ0n) is 21.1.